The van der Waals surface area contributed by atoms with Crippen LogP contribution < -0.4 is 22.1 Å². The van der Waals surface area contributed by atoms with E-state index in [0.29, 0.717) is 18.6 Å². The van der Waals surface area contributed by atoms with Crippen molar-refractivity contribution < 1.29 is 41.1 Å². The minimum atomic E-state index is -4.15. The molecule has 228 valence electrons. The van der Waals surface area contributed by atoms with Gasteiger partial charge in [-0.05, 0) is 55.2 Å². The third-order valence-electron chi connectivity index (χ3n) is 8.24. The van der Waals surface area contributed by atoms with Crippen molar-refractivity contribution in [3.63, 3.8) is 0 Å². The lowest BCUT2D eigenvalue weighted by Gasteiger charge is -2.43. The summed E-state index contributed by atoms with van der Waals surface area (Å²) in [5.41, 5.74) is 8.79. The number of nitrogens with two attached hydrogens (primary N) is 2. The first-order valence-electron chi connectivity index (χ1n) is 13.1. The van der Waals surface area contributed by atoms with Crippen LogP contribution in [0.5, 0.6) is 0 Å². The van der Waals surface area contributed by atoms with Crippen molar-refractivity contribution in [2.45, 2.75) is 54.4 Å². The van der Waals surface area contributed by atoms with Gasteiger partial charge in [0.2, 0.25) is 11.8 Å². The Labute approximate surface area is 244 Å². The van der Waals surface area contributed by atoms with Gasteiger partial charge in [-0.3, -0.25) is 14.4 Å². The maximum atomic E-state index is 13.8. The molecule has 2 bridgehead atoms. The molecule has 10 nitrogen and oxygen atoms in total. The highest BCUT2D eigenvalue weighted by Crippen LogP contribution is 2.54. The van der Waals surface area contributed by atoms with Crippen molar-refractivity contribution in [3.05, 3.63) is 58.4 Å². The molecule has 7 N–H and O–H groups in total. The second-order valence-electron chi connectivity index (χ2n) is 11.0. The Bertz CT molecular complexity index is 1520. The summed E-state index contributed by atoms with van der Waals surface area (Å²) in [5.74, 6) is -8.18. The summed E-state index contributed by atoms with van der Waals surface area (Å²) < 4.78 is 68.0. The fourth-order valence-corrected chi connectivity index (χ4v) is 8.49. The average molecular weight is 631 g/mol. The molecule has 2 saturated carbocycles. The van der Waals surface area contributed by atoms with Crippen LogP contribution >= 0.6 is 11.6 Å². The molecule has 0 radical (unpaired) electrons. The molecule has 4 rings (SSSR count). The van der Waals surface area contributed by atoms with Crippen molar-refractivity contribution in [2.24, 2.45) is 29.2 Å². The molecule has 42 heavy (non-hydrogen) atoms. The Morgan fingerprint density at radius 2 is 1.76 bits per heavy atom. The zero-order chi connectivity index (χ0) is 31.1. The van der Waals surface area contributed by atoms with E-state index >= 15 is 0 Å². The van der Waals surface area contributed by atoms with Gasteiger partial charge in [0.15, 0.2) is 27.3 Å². The van der Waals surface area contributed by atoms with E-state index in [-0.39, 0.29) is 52.9 Å². The van der Waals surface area contributed by atoms with Gasteiger partial charge in [0.25, 0.3) is 5.91 Å². The summed E-state index contributed by atoms with van der Waals surface area (Å²) >= 11 is 6.25. The number of nitrogens with one attached hydrogen (secondary N) is 2. The summed E-state index contributed by atoms with van der Waals surface area (Å²) in [4.78, 5) is 35.8. The van der Waals surface area contributed by atoms with Gasteiger partial charge in [0.05, 0.1) is 33.2 Å². The van der Waals surface area contributed by atoms with Gasteiger partial charge in [0, 0.05) is 29.9 Å². The molecule has 2 aliphatic carbocycles. The first kappa shape index (κ1) is 31.7. The molecule has 6 atom stereocenters. The van der Waals surface area contributed by atoms with Crippen LogP contribution in [-0.4, -0.2) is 54.7 Å². The molecule has 3 amide bonds. The highest BCUT2D eigenvalue weighted by Gasteiger charge is 2.58. The average Bonchev–Trinajstić information content (AvgIpc) is 3.02. The van der Waals surface area contributed by atoms with E-state index in [1.165, 1.54) is 12.1 Å². The number of hydrogen-bond donors (Lipinski definition) is 5. The van der Waals surface area contributed by atoms with Gasteiger partial charge in [-0.1, -0.05) is 18.5 Å². The second kappa shape index (κ2) is 11.8. The Hall–Kier alpha value is -3.20. The van der Waals surface area contributed by atoms with E-state index in [0.717, 1.165) is 6.07 Å². The lowest BCUT2D eigenvalue weighted by molar-refractivity contribution is -0.128. The highest BCUT2D eigenvalue weighted by atomic mass is 35.5. The number of sulfone groups is 1. The maximum absolute atomic E-state index is 13.8. The molecule has 2 aromatic rings. The molecule has 2 fully saturated rings. The lowest BCUT2D eigenvalue weighted by atomic mass is 9.73. The molecule has 15 heteroatoms. The van der Waals surface area contributed by atoms with Gasteiger partial charge in [-0.15, -0.1) is 0 Å². The summed E-state index contributed by atoms with van der Waals surface area (Å²) in [6.45, 7) is 1.69. The van der Waals surface area contributed by atoms with Crippen LogP contribution in [0.2, 0.25) is 5.02 Å². The molecule has 0 spiro atoms. The van der Waals surface area contributed by atoms with Crippen LogP contribution in [0.4, 0.5) is 18.9 Å². The molecule has 0 aromatic heterocycles. The highest BCUT2D eigenvalue weighted by molar-refractivity contribution is 7.92. The third kappa shape index (κ3) is 6.12. The summed E-state index contributed by atoms with van der Waals surface area (Å²) in [5, 5.41) is 15.2. The van der Waals surface area contributed by atoms with E-state index in [9.17, 15) is 41.1 Å². The smallest absolute Gasteiger partial charge is 0.255 e. The van der Waals surface area contributed by atoms with E-state index in [4.69, 9.17) is 23.1 Å². The fraction of sp³-hybridized carbons (Fsp3) is 0.444. The Kier molecular flexibility index (Phi) is 8.93. The number of hydrogen-bond acceptors (Lipinski definition) is 7. The van der Waals surface area contributed by atoms with E-state index in [1.54, 1.807) is 0 Å². The van der Waals surface area contributed by atoms with Crippen LogP contribution in [-0.2, 0) is 19.4 Å². The predicted octanol–water partition coefficient (Wildman–Crippen LogP) is 2.27. The van der Waals surface area contributed by atoms with Crippen molar-refractivity contribution in [1.29, 1.82) is 0 Å². The molecule has 0 aliphatic heterocycles. The molecule has 2 aromatic carbocycles. The van der Waals surface area contributed by atoms with Gasteiger partial charge in [0.1, 0.15) is 0 Å². The second-order valence-corrected chi connectivity index (χ2v) is 13.6. The minimum Gasteiger partial charge on any atom is -0.387 e. The monoisotopic (exact) mass is 630 g/mol. The normalized spacial score (nSPS) is 26.0. The number of primary amides is 1. The van der Waals surface area contributed by atoms with Gasteiger partial charge < -0.3 is 27.2 Å². The van der Waals surface area contributed by atoms with Crippen molar-refractivity contribution >= 4 is 44.8 Å². The quantitative estimate of drug-likeness (QED) is 0.263. The predicted molar refractivity (Wildman–Crippen MR) is 146 cm³/mol. The summed E-state index contributed by atoms with van der Waals surface area (Å²) in [6, 6.07) is 3.46. The SMILES string of the molecule is C[C@H]1CC2CC(S(=O)(=O)c3cc(C(=O)Nc4cc(F)c(F)c(F)c4)ccc3Cl)CC1[C@@]2(O)CNC(=O)[C@@H](N)CC(N)=O. The molecule has 3 unspecified atom stereocenters. The zero-order valence-electron chi connectivity index (χ0n) is 22.4. The number of benzene rings is 2. The first-order chi connectivity index (χ1) is 19.5. The van der Waals surface area contributed by atoms with Crippen LogP contribution in [0.1, 0.15) is 43.0 Å². The Morgan fingerprint density at radius 3 is 2.36 bits per heavy atom. The van der Waals surface area contributed by atoms with Crippen molar-refractivity contribution in [3.8, 4) is 0 Å². The topological polar surface area (TPSA) is 182 Å². The largest absolute Gasteiger partial charge is 0.387 e. The Balaban J connectivity index is 1.53. The molecule has 2 aliphatic rings. The number of carbonyl (C=O) groups is 3. The number of carbonyl (C=O) groups excluding carboxylic acids is 3. The number of aliphatic hydroxyl groups is 1. The summed E-state index contributed by atoms with van der Waals surface area (Å²) in [7, 11) is -4.15. The van der Waals surface area contributed by atoms with Crippen LogP contribution in [0.3, 0.4) is 0 Å². The Morgan fingerprint density at radius 1 is 1.12 bits per heavy atom. The number of halogens is 4. The minimum absolute atomic E-state index is 0.0423. The number of fused-ring (bicyclic) bond motifs is 2. The lowest BCUT2D eigenvalue weighted by Crippen LogP contribution is -2.57. The number of amides is 3. The van der Waals surface area contributed by atoms with Gasteiger partial charge >= 0.3 is 0 Å². The molecular formula is C27H30ClF3N4O6S. The first-order valence-corrected chi connectivity index (χ1v) is 15.0. The molecule has 0 saturated heterocycles. The fourth-order valence-electron chi connectivity index (χ4n) is 6.12. The molecule has 0 heterocycles. The van der Waals surface area contributed by atoms with Crippen LogP contribution in [0, 0.1) is 35.2 Å². The zero-order valence-corrected chi connectivity index (χ0v) is 23.9. The standard InChI is InChI=1S/C27H30ClF3N4O6S/c1-12-4-14-6-16(9-17(12)27(14,39)11-34-26(38)21(32)10-23(33)36)42(40,41)22-5-13(2-3-18(22)28)25(37)35-15-7-19(29)24(31)20(30)8-15/h2-3,5,7-8,12,14,16-17,21,39H,4,6,9-11,32H2,1H3,(H2,33,36)(H,34,38)(H,35,37)/t12-,14?,16?,17?,21-,27+/m0/s1. The third-order valence-corrected chi connectivity index (χ3v) is 10.9. The maximum Gasteiger partial charge on any atom is 0.255 e. The number of anilines is 1. The van der Waals surface area contributed by atoms with Crippen LogP contribution in [0.25, 0.3) is 0 Å². The van der Waals surface area contributed by atoms with Crippen molar-refractivity contribution in [1.82, 2.24) is 5.32 Å². The van der Waals surface area contributed by atoms with E-state index in [1.807, 2.05) is 6.92 Å². The number of rotatable bonds is 9. The van der Waals surface area contributed by atoms with Crippen molar-refractivity contribution in [2.75, 3.05) is 11.9 Å². The van der Waals surface area contributed by atoms with Crippen LogP contribution in [0.15, 0.2) is 35.2 Å². The van der Waals surface area contributed by atoms with Gasteiger partial charge in [-0.25, -0.2) is 21.6 Å². The van der Waals surface area contributed by atoms with E-state index in [2.05, 4.69) is 10.6 Å². The summed E-state index contributed by atoms with van der Waals surface area (Å²) in [6.07, 6.45) is 0.213. The molecular weight excluding hydrogens is 601 g/mol. The van der Waals surface area contributed by atoms with E-state index < -0.39 is 73.7 Å². The van der Waals surface area contributed by atoms with Gasteiger partial charge in [-0.2, -0.15) is 0 Å².